The Kier molecular flexibility index (Phi) is 5.31. The highest BCUT2D eigenvalue weighted by molar-refractivity contribution is 7.90. The number of morpholine rings is 1. The first-order valence-electron chi connectivity index (χ1n) is 7.05. The van der Waals surface area contributed by atoms with Crippen LogP contribution in [0.1, 0.15) is 6.92 Å². The molecular weight excluding hydrogens is 342 g/mol. The van der Waals surface area contributed by atoms with Crippen LogP contribution < -0.4 is 4.72 Å². The van der Waals surface area contributed by atoms with Crippen LogP contribution in [-0.4, -0.2) is 65.3 Å². The predicted octanol–water partition coefficient (Wildman–Crippen LogP) is 0.314. The molecule has 1 aromatic rings. The van der Waals surface area contributed by atoms with E-state index in [1.54, 1.807) is 0 Å². The lowest BCUT2D eigenvalue weighted by Gasteiger charge is -2.30. The van der Waals surface area contributed by atoms with Gasteiger partial charge in [-0.15, -0.1) is 0 Å². The van der Waals surface area contributed by atoms with Gasteiger partial charge in [-0.3, -0.25) is 4.72 Å². The molecule has 0 spiro atoms. The first-order valence-corrected chi connectivity index (χ1v) is 9.93. The SMILES string of the molecule is CC1CN(S(=O)(=O)c2cccc(NS(=O)(=O)N(C)C)c2)CCO1. The molecule has 1 unspecified atom stereocenters. The zero-order valence-corrected chi connectivity index (χ0v) is 14.9. The molecule has 23 heavy (non-hydrogen) atoms. The first kappa shape index (κ1) is 18.1. The Hall–Kier alpha value is -1.20. The van der Waals surface area contributed by atoms with E-state index in [9.17, 15) is 16.8 Å². The van der Waals surface area contributed by atoms with Crippen molar-refractivity contribution in [1.82, 2.24) is 8.61 Å². The zero-order valence-electron chi connectivity index (χ0n) is 13.3. The van der Waals surface area contributed by atoms with Crippen LogP contribution in [0.3, 0.4) is 0 Å². The molecule has 0 radical (unpaired) electrons. The Morgan fingerprint density at radius 3 is 2.57 bits per heavy atom. The smallest absolute Gasteiger partial charge is 0.301 e. The number of anilines is 1. The number of nitrogens with zero attached hydrogens (tertiary/aromatic N) is 2. The monoisotopic (exact) mass is 363 g/mol. The number of hydrogen-bond donors (Lipinski definition) is 1. The molecule has 1 aliphatic rings. The maximum atomic E-state index is 12.7. The molecule has 0 bridgehead atoms. The third kappa shape index (κ3) is 4.21. The number of benzene rings is 1. The van der Waals surface area contributed by atoms with Crippen LogP contribution in [0.25, 0.3) is 0 Å². The molecule has 2 rings (SSSR count). The number of rotatable bonds is 5. The Balaban J connectivity index is 2.28. The van der Waals surface area contributed by atoms with Crippen molar-refractivity contribution in [1.29, 1.82) is 0 Å². The Bertz CT molecular complexity index is 762. The topological polar surface area (TPSA) is 96.0 Å². The van der Waals surface area contributed by atoms with Gasteiger partial charge in [0.05, 0.1) is 23.3 Å². The van der Waals surface area contributed by atoms with Crippen LogP contribution in [0, 0.1) is 0 Å². The van der Waals surface area contributed by atoms with Gasteiger partial charge in [0.25, 0.3) is 0 Å². The largest absolute Gasteiger partial charge is 0.376 e. The summed E-state index contributed by atoms with van der Waals surface area (Å²) in [5.41, 5.74) is 0.195. The fourth-order valence-corrected chi connectivity index (χ4v) is 4.27. The van der Waals surface area contributed by atoms with Crippen LogP contribution in [-0.2, 0) is 25.0 Å². The van der Waals surface area contributed by atoms with Crippen molar-refractivity contribution in [2.24, 2.45) is 0 Å². The van der Waals surface area contributed by atoms with Crippen LogP contribution in [0.4, 0.5) is 5.69 Å². The maximum absolute atomic E-state index is 12.7. The van der Waals surface area contributed by atoms with E-state index in [4.69, 9.17) is 4.74 Å². The van der Waals surface area contributed by atoms with Crippen molar-refractivity contribution in [2.75, 3.05) is 38.5 Å². The average Bonchev–Trinajstić information content (AvgIpc) is 2.47. The number of hydrogen-bond acceptors (Lipinski definition) is 5. The fourth-order valence-electron chi connectivity index (χ4n) is 2.11. The van der Waals surface area contributed by atoms with Crippen molar-refractivity contribution in [3.8, 4) is 0 Å². The van der Waals surface area contributed by atoms with Gasteiger partial charge in [-0.05, 0) is 25.1 Å². The average molecular weight is 363 g/mol. The van der Waals surface area contributed by atoms with Gasteiger partial charge in [-0.25, -0.2) is 8.42 Å². The van der Waals surface area contributed by atoms with Crippen LogP contribution >= 0.6 is 0 Å². The van der Waals surface area contributed by atoms with Gasteiger partial charge in [-0.2, -0.15) is 17.0 Å². The Labute approximate surface area is 137 Å². The van der Waals surface area contributed by atoms with Crippen molar-refractivity contribution in [3.05, 3.63) is 24.3 Å². The summed E-state index contributed by atoms with van der Waals surface area (Å²) in [6, 6.07) is 5.77. The normalized spacial score (nSPS) is 20.6. The lowest BCUT2D eigenvalue weighted by molar-refractivity contribution is 0.0102. The standard InChI is InChI=1S/C13H21N3O5S2/c1-11-10-16(7-8-21-11)22(17,18)13-6-4-5-12(9-13)14-23(19,20)15(2)3/h4-6,9,11,14H,7-8,10H2,1-3H3. The van der Waals surface area contributed by atoms with E-state index >= 15 is 0 Å². The third-order valence-corrected chi connectivity index (χ3v) is 6.72. The Morgan fingerprint density at radius 2 is 1.96 bits per heavy atom. The van der Waals surface area contributed by atoms with Gasteiger partial charge in [-0.1, -0.05) is 6.07 Å². The molecular formula is C13H21N3O5S2. The molecule has 1 saturated heterocycles. The number of sulfonamides is 1. The van der Waals surface area contributed by atoms with E-state index in [1.165, 1.54) is 42.7 Å². The van der Waals surface area contributed by atoms with Gasteiger partial charge in [0.1, 0.15) is 0 Å². The van der Waals surface area contributed by atoms with Gasteiger partial charge in [0.2, 0.25) is 10.0 Å². The molecule has 1 aliphatic heterocycles. The van der Waals surface area contributed by atoms with Gasteiger partial charge >= 0.3 is 10.2 Å². The second-order valence-electron chi connectivity index (χ2n) is 5.46. The zero-order chi connectivity index (χ0) is 17.3. The number of nitrogens with one attached hydrogen (secondary N) is 1. The van der Waals surface area contributed by atoms with Crippen LogP contribution in [0.5, 0.6) is 0 Å². The fraction of sp³-hybridized carbons (Fsp3) is 0.538. The first-order chi connectivity index (χ1) is 10.6. The summed E-state index contributed by atoms with van der Waals surface area (Å²) in [6.07, 6.45) is -0.172. The van der Waals surface area contributed by atoms with Crippen LogP contribution in [0.2, 0.25) is 0 Å². The summed E-state index contributed by atoms with van der Waals surface area (Å²) in [6.45, 7) is 2.70. The van der Waals surface area contributed by atoms with Crippen molar-refractivity contribution in [2.45, 2.75) is 17.9 Å². The molecule has 1 fully saturated rings. The molecule has 1 atom stereocenters. The summed E-state index contributed by atoms with van der Waals surface area (Å²) in [5, 5.41) is 0. The van der Waals surface area contributed by atoms with E-state index in [2.05, 4.69) is 4.72 Å². The minimum absolute atomic E-state index is 0.0468. The molecule has 0 saturated carbocycles. The van der Waals surface area contributed by atoms with E-state index < -0.39 is 20.2 Å². The third-order valence-electron chi connectivity index (χ3n) is 3.40. The molecule has 0 aliphatic carbocycles. The van der Waals surface area contributed by atoms with Gasteiger partial charge in [0.15, 0.2) is 0 Å². The highest BCUT2D eigenvalue weighted by Crippen LogP contribution is 2.22. The molecule has 1 heterocycles. The molecule has 1 aromatic carbocycles. The van der Waals surface area contributed by atoms with Crippen LogP contribution in [0.15, 0.2) is 29.2 Å². The van der Waals surface area contributed by atoms with Crippen molar-refractivity contribution in [3.63, 3.8) is 0 Å². The van der Waals surface area contributed by atoms with Gasteiger partial charge in [0, 0.05) is 27.2 Å². The number of ether oxygens (including phenoxy) is 1. The maximum Gasteiger partial charge on any atom is 0.301 e. The summed E-state index contributed by atoms with van der Waals surface area (Å²) < 4.78 is 59.1. The molecule has 10 heteroatoms. The lowest BCUT2D eigenvalue weighted by atomic mass is 10.3. The minimum atomic E-state index is -3.69. The predicted molar refractivity (Wildman–Crippen MR) is 86.8 cm³/mol. The molecule has 0 amide bonds. The lowest BCUT2D eigenvalue weighted by Crippen LogP contribution is -2.44. The minimum Gasteiger partial charge on any atom is -0.376 e. The van der Waals surface area contributed by atoms with E-state index in [1.807, 2.05) is 6.92 Å². The highest BCUT2D eigenvalue weighted by Gasteiger charge is 2.29. The Morgan fingerprint density at radius 1 is 1.26 bits per heavy atom. The summed E-state index contributed by atoms with van der Waals surface area (Å²) in [4.78, 5) is 0.0468. The molecule has 130 valence electrons. The van der Waals surface area contributed by atoms with E-state index in [0.717, 1.165) is 4.31 Å². The van der Waals surface area contributed by atoms with Crippen molar-refractivity contribution >= 4 is 25.9 Å². The van der Waals surface area contributed by atoms with E-state index in [0.29, 0.717) is 6.61 Å². The summed E-state index contributed by atoms with van der Waals surface area (Å²) in [5.74, 6) is 0. The highest BCUT2D eigenvalue weighted by atomic mass is 32.2. The van der Waals surface area contributed by atoms with Gasteiger partial charge < -0.3 is 4.74 Å². The summed E-state index contributed by atoms with van der Waals surface area (Å²) >= 11 is 0. The quantitative estimate of drug-likeness (QED) is 0.812. The summed E-state index contributed by atoms with van der Waals surface area (Å²) in [7, 11) is -4.61. The molecule has 1 N–H and O–H groups in total. The van der Waals surface area contributed by atoms with E-state index in [-0.39, 0.29) is 29.8 Å². The molecule has 0 aromatic heterocycles. The van der Waals surface area contributed by atoms with Crippen molar-refractivity contribution < 1.29 is 21.6 Å². The second-order valence-corrected chi connectivity index (χ2v) is 9.28. The second kappa shape index (κ2) is 6.73. The molecule has 8 nitrogen and oxygen atoms in total.